The van der Waals surface area contributed by atoms with E-state index in [9.17, 15) is 17.6 Å². The molecule has 0 fully saturated rings. The Bertz CT molecular complexity index is 617. The van der Waals surface area contributed by atoms with Gasteiger partial charge in [-0.3, -0.25) is 0 Å². The zero-order valence-corrected chi connectivity index (χ0v) is 10.1. The van der Waals surface area contributed by atoms with E-state index >= 15 is 0 Å². The highest BCUT2D eigenvalue weighted by molar-refractivity contribution is 5.79. The molecule has 2 aromatic rings. The van der Waals surface area contributed by atoms with Crippen LogP contribution in [0.25, 0.3) is 11.1 Å². The van der Waals surface area contributed by atoms with Gasteiger partial charge in [0.1, 0.15) is 5.82 Å². The van der Waals surface area contributed by atoms with Gasteiger partial charge in [-0.05, 0) is 36.2 Å². The van der Waals surface area contributed by atoms with Crippen molar-refractivity contribution in [1.82, 2.24) is 0 Å². The third kappa shape index (κ3) is 2.54. The summed E-state index contributed by atoms with van der Waals surface area (Å²) in [5.74, 6) is -0.420. The molecule has 0 bridgehead atoms. The molecule has 100 valence electrons. The predicted octanol–water partition coefficient (Wildman–Crippen LogP) is 4.40. The van der Waals surface area contributed by atoms with Crippen LogP contribution in [-0.4, -0.2) is 0 Å². The molecule has 0 unspecified atom stereocenters. The largest absolute Gasteiger partial charge is 0.416 e. The normalized spacial score (nSPS) is 11.6. The smallest absolute Gasteiger partial charge is 0.398 e. The Morgan fingerprint density at radius 1 is 1.00 bits per heavy atom. The first-order valence-electron chi connectivity index (χ1n) is 5.53. The third-order valence-electron chi connectivity index (χ3n) is 2.94. The van der Waals surface area contributed by atoms with Crippen molar-refractivity contribution >= 4 is 5.69 Å². The second kappa shape index (κ2) is 4.57. The maximum Gasteiger partial charge on any atom is 0.416 e. The summed E-state index contributed by atoms with van der Waals surface area (Å²) in [4.78, 5) is 0. The average molecular weight is 269 g/mol. The van der Waals surface area contributed by atoms with E-state index in [0.717, 1.165) is 12.1 Å². The van der Waals surface area contributed by atoms with E-state index < -0.39 is 17.6 Å². The summed E-state index contributed by atoms with van der Waals surface area (Å²) in [6.45, 7) is 1.56. The lowest BCUT2D eigenvalue weighted by Gasteiger charge is -2.13. The number of hydrogen-bond acceptors (Lipinski definition) is 1. The molecule has 0 saturated carbocycles. The van der Waals surface area contributed by atoms with Crippen LogP contribution >= 0.6 is 0 Å². The molecule has 0 aromatic heterocycles. The zero-order valence-electron chi connectivity index (χ0n) is 10.1. The number of hydrogen-bond donors (Lipinski definition) is 1. The Morgan fingerprint density at radius 3 is 2.26 bits per heavy atom. The van der Waals surface area contributed by atoms with Crippen molar-refractivity contribution in [2.45, 2.75) is 13.1 Å². The van der Waals surface area contributed by atoms with Gasteiger partial charge in [0.25, 0.3) is 0 Å². The number of alkyl halides is 3. The molecule has 2 N–H and O–H groups in total. The van der Waals surface area contributed by atoms with Gasteiger partial charge >= 0.3 is 6.18 Å². The molecule has 0 saturated heterocycles. The number of benzene rings is 2. The highest BCUT2D eigenvalue weighted by Gasteiger charge is 2.30. The fraction of sp³-hybridized carbons (Fsp3) is 0.143. The van der Waals surface area contributed by atoms with Crippen molar-refractivity contribution in [1.29, 1.82) is 0 Å². The Kier molecular flexibility index (Phi) is 3.22. The minimum Gasteiger partial charge on any atom is -0.398 e. The molecule has 2 aromatic carbocycles. The average Bonchev–Trinajstić information content (AvgIpc) is 2.32. The van der Waals surface area contributed by atoms with Gasteiger partial charge in [0.15, 0.2) is 0 Å². The SMILES string of the molecule is Cc1c(F)cccc1-c1ccc(C(F)(F)F)cc1N. The van der Waals surface area contributed by atoms with Crippen molar-refractivity contribution < 1.29 is 17.6 Å². The summed E-state index contributed by atoms with van der Waals surface area (Å²) in [5.41, 5.74) is 6.05. The third-order valence-corrected chi connectivity index (χ3v) is 2.94. The van der Waals surface area contributed by atoms with E-state index in [1.165, 1.54) is 18.2 Å². The number of halogens is 4. The number of rotatable bonds is 1. The molecule has 0 heterocycles. The van der Waals surface area contributed by atoms with Gasteiger partial charge in [0.2, 0.25) is 0 Å². The fourth-order valence-electron chi connectivity index (χ4n) is 1.88. The van der Waals surface area contributed by atoms with Crippen LogP contribution in [0.3, 0.4) is 0 Å². The molecule has 5 heteroatoms. The van der Waals surface area contributed by atoms with Gasteiger partial charge in [-0.15, -0.1) is 0 Å². The van der Waals surface area contributed by atoms with Crippen molar-refractivity contribution in [3.05, 3.63) is 53.3 Å². The lowest BCUT2D eigenvalue weighted by atomic mass is 9.97. The molecule has 0 atom stereocenters. The van der Waals surface area contributed by atoms with E-state index in [1.807, 2.05) is 0 Å². The molecule has 0 radical (unpaired) electrons. The monoisotopic (exact) mass is 269 g/mol. The van der Waals surface area contributed by atoms with Crippen molar-refractivity contribution in [3.63, 3.8) is 0 Å². The Labute approximate surface area is 107 Å². The number of nitrogen functional groups attached to an aromatic ring is 1. The maximum absolute atomic E-state index is 13.4. The Morgan fingerprint density at radius 2 is 1.68 bits per heavy atom. The maximum atomic E-state index is 13.4. The topological polar surface area (TPSA) is 26.0 Å². The summed E-state index contributed by atoms with van der Waals surface area (Å²) < 4.78 is 51.0. The van der Waals surface area contributed by atoms with E-state index in [4.69, 9.17) is 5.73 Å². The van der Waals surface area contributed by atoms with Crippen LogP contribution < -0.4 is 5.73 Å². The quantitative estimate of drug-likeness (QED) is 0.602. The molecule has 19 heavy (non-hydrogen) atoms. The van der Waals surface area contributed by atoms with Gasteiger partial charge in [-0.2, -0.15) is 13.2 Å². The number of anilines is 1. The molecular formula is C14H11F4N. The van der Waals surface area contributed by atoms with E-state index in [1.54, 1.807) is 13.0 Å². The first kappa shape index (κ1) is 13.4. The van der Waals surface area contributed by atoms with Crippen LogP contribution in [0.15, 0.2) is 36.4 Å². The predicted molar refractivity (Wildman–Crippen MR) is 66.0 cm³/mol. The van der Waals surface area contributed by atoms with Crippen molar-refractivity contribution in [3.8, 4) is 11.1 Å². The van der Waals surface area contributed by atoms with Crippen molar-refractivity contribution in [2.75, 3.05) is 5.73 Å². The van der Waals surface area contributed by atoms with Gasteiger partial charge in [0, 0.05) is 11.3 Å². The molecule has 1 nitrogen and oxygen atoms in total. The van der Waals surface area contributed by atoms with Crippen molar-refractivity contribution in [2.24, 2.45) is 0 Å². The zero-order chi connectivity index (χ0) is 14.2. The minimum atomic E-state index is -4.44. The second-order valence-electron chi connectivity index (χ2n) is 4.21. The first-order valence-corrected chi connectivity index (χ1v) is 5.53. The van der Waals surface area contributed by atoms with Gasteiger partial charge in [-0.25, -0.2) is 4.39 Å². The highest BCUT2D eigenvalue weighted by Crippen LogP contribution is 2.35. The van der Waals surface area contributed by atoms with Gasteiger partial charge in [-0.1, -0.05) is 18.2 Å². The van der Waals surface area contributed by atoms with Crippen LogP contribution in [0.2, 0.25) is 0 Å². The van der Waals surface area contributed by atoms with Crippen LogP contribution in [0.1, 0.15) is 11.1 Å². The van der Waals surface area contributed by atoms with Crippen LogP contribution in [0, 0.1) is 12.7 Å². The molecule has 0 aliphatic rings. The number of nitrogens with two attached hydrogens (primary N) is 1. The molecule has 2 rings (SSSR count). The van der Waals surface area contributed by atoms with E-state index in [0.29, 0.717) is 16.7 Å². The van der Waals surface area contributed by atoms with Crippen LogP contribution in [0.4, 0.5) is 23.2 Å². The summed E-state index contributed by atoms with van der Waals surface area (Å²) in [6.07, 6.45) is -4.44. The summed E-state index contributed by atoms with van der Waals surface area (Å²) >= 11 is 0. The molecule has 0 aliphatic heterocycles. The Balaban J connectivity index is 2.56. The van der Waals surface area contributed by atoms with E-state index in [2.05, 4.69) is 0 Å². The lowest BCUT2D eigenvalue weighted by molar-refractivity contribution is -0.137. The second-order valence-corrected chi connectivity index (χ2v) is 4.21. The molecule has 0 aliphatic carbocycles. The van der Waals surface area contributed by atoms with E-state index in [-0.39, 0.29) is 5.69 Å². The summed E-state index contributed by atoms with van der Waals surface area (Å²) in [7, 11) is 0. The fourth-order valence-corrected chi connectivity index (χ4v) is 1.88. The first-order chi connectivity index (χ1) is 8.80. The summed E-state index contributed by atoms with van der Waals surface area (Å²) in [6, 6.07) is 7.47. The van der Waals surface area contributed by atoms with Crippen LogP contribution in [0.5, 0.6) is 0 Å². The minimum absolute atomic E-state index is 0.0245. The molecule has 0 spiro atoms. The van der Waals surface area contributed by atoms with Gasteiger partial charge < -0.3 is 5.73 Å². The standard InChI is InChI=1S/C14H11F4N/c1-8-10(3-2-4-12(8)15)11-6-5-9(7-13(11)19)14(16,17)18/h2-7H,19H2,1H3. The lowest BCUT2D eigenvalue weighted by Crippen LogP contribution is -2.06. The molecular weight excluding hydrogens is 258 g/mol. The summed E-state index contributed by atoms with van der Waals surface area (Å²) in [5, 5.41) is 0. The highest BCUT2D eigenvalue weighted by atomic mass is 19.4. The molecule has 0 amide bonds. The van der Waals surface area contributed by atoms with Gasteiger partial charge in [0.05, 0.1) is 5.56 Å². The Hall–Kier alpha value is -2.04. The van der Waals surface area contributed by atoms with Crippen LogP contribution in [-0.2, 0) is 6.18 Å².